The number of ether oxygens (including phenoxy) is 3. The van der Waals surface area contributed by atoms with Gasteiger partial charge < -0.3 is 24.6 Å². The van der Waals surface area contributed by atoms with Gasteiger partial charge in [-0.3, -0.25) is 9.36 Å². The molecule has 0 spiro atoms. The lowest BCUT2D eigenvalue weighted by molar-refractivity contribution is -0.114. The number of hydrogen-bond acceptors (Lipinski definition) is 7. The van der Waals surface area contributed by atoms with Gasteiger partial charge in [0.05, 0.1) is 18.8 Å². The van der Waals surface area contributed by atoms with Crippen LogP contribution in [0.4, 0.5) is 5.82 Å². The molecule has 1 aliphatic rings. The summed E-state index contributed by atoms with van der Waals surface area (Å²) in [6.07, 6.45) is -0.0612. The number of aliphatic hydroxyl groups is 1. The fourth-order valence-electron chi connectivity index (χ4n) is 2.82. The molecule has 1 fully saturated rings. The van der Waals surface area contributed by atoms with Gasteiger partial charge >= 0.3 is 5.69 Å². The number of aliphatic hydroxyl groups excluding tert-OH is 1. The highest BCUT2D eigenvalue weighted by Crippen LogP contribution is 2.33. The van der Waals surface area contributed by atoms with Crippen molar-refractivity contribution >= 4 is 11.7 Å². The third-order valence-electron chi connectivity index (χ3n) is 4.22. The maximum absolute atomic E-state index is 12.4. The van der Waals surface area contributed by atoms with Gasteiger partial charge in [-0.05, 0) is 19.4 Å². The van der Waals surface area contributed by atoms with Crippen LogP contribution in [0.15, 0.2) is 17.1 Å². The first-order valence-electron chi connectivity index (χ1n) is 8.72. The number of carbonyl (C=O) groups is 1. The summed E-state index contributed by atoms with van der Waals surface area (Å²) in [7, 11) is 1.57. The van der Waals surface area contributed by atoms with E-state index < -0.39 is 30.2 Å². The molecule has 146 valence electrons. The zero-order valence-corrected chi connectivity index (χ0v) is 15.5. The largest absolute Gasteiger partial charge is 0.388 e. The van der Waals surface area contributed by atoms with Crippen LogP contribution in [0.25, 0.3) is 0 Å². The summed E-state index contributed by atoms with van der Waals surface area (Å²) in [4.78, 5) is 27.3. The van der Waals surface area contributed by atoms with Gasteiger partial charge in [0.25, 0.3) is 0 Å². The predicted octanol–water partition coefficient (Wildman–Crippen LogP) is 0.680. The quantitative estimate of drug-likeness (QED) is 0.693. The Hall–Kier alpha value is -1.81. The molecule has 2 rings (SSSR count). The second-order valence-corrected chi connectivity index (χ2v) is 6.37. The van der Waals surface area contributed by atoms with Crippen molar-refractivity contribution in [2.75, 3.05) is 19.0 Å². The second-order valence-electron chi connectivity index (χ2n) is 6.37. The molecule has 1 aromatic heterocycles. The molecule has 26 heavy (non-hydrogen) atoms. The van der Waals surface area contributed by atoms with Crippen molar-refractivity contribution in [1.82, 2.24) is 9.55 Å². The SMILES string of the molecule is CCCC1OC(n2ccc(NC(C)=O)nc2=O)C(OCC(C)OC)C1O. The lowest BCUT2D eigenvalue weighted by Crippen LogP contribution is -2.39. The minimum absolute atomic E-state index is 0.160. The number of nitrogens with one attached hydrogen (secondary N) is 1. The monoisotopic (exact) mass is 369 g/mol. The molecular formula is C17H27N3O6. The van der Waals surface area contributed by atoms with E-state index >= 15 is 0 Å². The van der Waals surface area contributed by atoms with E-state index in [1.165, 1.54) is 23.8 Å². The van der Waals surface area contributed by atoms with Crippen LogP contribution in [-0.2, 0) is 19.0 Å². The molecule has 1 aromatic rings. The average molecular weight is 369 g/mol. The maximum Gasteiger partial charge on any atom is 0.351 e. The summed E-state index contributed by atoms with van der Waals surface area (Å²) in [5.74, 6) is -0.159. The van der Waals surface area contributed by atoms with E-state index in [0.717, 1.165) is 6.42 Å². The summed E-state index contributed by atoms with van der Waals surface area (Å²) in [6.45, 7) is 5.42. The van der Waals surface area contributed by atoms with Crippen LogP contribution < -0.4 is 11.0 Å². The molecule has 9 nitrogen and oxygen atoms in total. The van der Waals surface area contributed by atoms with Crippen LogP contribution in [0.5, 0.6) is 0 Å². The van der Waals surface area contributed by atoms with Crippen LogP contribution in [-0.4, -0.2) is 58.7 Å². The first-order valence-corrected chi connectivity index (χ1v) is 8.72. The van der Waals surface area contributed by atoms with E-state index in [4.69, 9.17) is 14.2 Å². The predicted molar refractivity (Wildman–Crippen MR) is 93.8 cm³/mol. The second kappa shape index (κ2) is 9.22. The van der Waals surface area contributed by atoms with Gasteiger partial charge in [-0.2, -0.15) is 4.98 Å². The summed E-state index contributed by atoms with van der Waals surface area (Å²) in [5, 5.41) is 13.0. The molecule has 0 bridgehead atoms. The Kier molecular flexibility index (Phi) is 7.27. The first-order chi connectivity index (χ1) is 12.4. The Morgan fingerprint density at radius 2 is 2.27 bits per heavy atom. The van der Waals surface area contributed by atoms with Crippen molar-refractivity contribution in [1.29, 1.82) is 0 Å². The van der Waals surface area contributed by atoms with Crippen molar-refractivity contribution in [2.45, 2.75) is 64.3 Å². The van der Waals surface area contributed by atoms with Gasteiger partial charge in [0.2, 0.25) is 5.91 Å². The summed E-state index contributed by atoms with van der Waals surface area (Å²) in [6, 6.07) is 1.50. The van der Waals surface area contributed by atoms with Crippen molar-refractivity contribution in [3.8, 4) is 0 Å². The van der Waals surface area contributed by atoms with E-state index in [0.29, 0.717) is 6.42 Å². The van der Waals surface area contributed by atoms with Crippen LogP contribution in [0.1, 0.15) is 39.8 Å². The fraction of sp³-hybridized carbons (Fsp3) is 0.706. The molecule has 1 saturated heterocycles. The molecule has 0 aromatic carbocycles. The standard InChI is InChI=1S/C17H27N3O6/c1-5-6-12-14(22)15(25-9-10(2)24-4)16(26-12)20-8-7-13(18-11(3)21)19-17(20)23/h7-8,10,12,14-16,22H,5-6,9H2,1-4H3,(H,18,19,21,23). The van der Waals surface area contributed by atoms with Crippen molar-refractivity contribution in [3.05, 3.63) is 22.7 Å². The third-order valence-corrected chi connectivity index (χ3v) is 4.22. The molecule has 2 N–H and O–H groups in total. The molecule has 9 heteroatoms. The molecule has 0 radical (unpaired) electrons. The Morgan fingerprint density at radius 1 is 1.54 bits per heavy atom. The molecule has 0 aliphatic carbocycles. The zero-order valence-electron chi connectivity index (χ0n) is 15.5. The topological polar surface area (TPSA) is 112 Å². The van der Waals surface area contributed by atoms with Gasteiger partial charge in [0.1, 0.15) is 18.0 Å². The zero-order chi connectivity index (χ0) is 19.3. The maximum atomic E-state index is 12.4. The number of aromatic nitrogens is 2. The number of amides is 1. The van der Waals surface area contributed by atoms with Gasteiger partial charge in [0, 0.05) is 20.2 Å². The minimum Gasteiger partial charge on any atom is -0.388 e. The van der Waals surface area contributed by atoms with E-state index in [1.54, 1.807) is 7.11 Å². The van der Waals surface area contributed by atoms with Crippen molar-refractivity contribution in [3.63, 3.8) is 0 Å². The number of nitrogens with zero attached hydrogens (tertiary/aromatic N) is 2. The summed E-state index contributed by atoms with van der Waals surface area (Å²) < 4.78 is 18.1. The van der Waals surface area contributed by atoms with Crippen LogP contribution >= 0.6 is 0 Å². The van der Waals surface area contributed by atoms with Gasteiger partial charge in [-0.15, -0.1) is 0 Å². The summed E-state index contributed by atoms with van der Waals surface area (Å²) in [5.41, 5.74) is -0.598. The third kappa shape index (κ3) is 4.88. The van der Waals surface area contributed by atoms with Crippen LogP contribution in [0.3, 0.4) is 0 Å². The smallest absolute Gasteiger partial charge is 0.351 e. The van der Waals surface area contributed by atoms with E-state index in [-0.39, 0.29) is 24.4 Å². The number of carbonyl (C=O) groups excluding carboxylic acids is 1. The normalized spacial score (nSPS) is 26.7. The first kappa shape index (κ1) is 20.5. The van der Waals surface area contributed by atoms with Crippen LogP contribution in [0, 0.1) is 0 Å². The number of rotatable bonds is 8. The molecule has 2 heterocycles. The highest BCUT2D eigenvalue weighted by molar-refractivity contribution is 5.87. The molecule has 5 atom stereocenters. The number of hydrogen-bond donors (Lipinski definition) is 2. The highest BCUT2D eigenvalue weighted by Gasteiger charge is 2.45. The lowest BCUT2D eigenvalue weighted by Gasteiger charge is -2.23. The molecule has 1 aliphatic heterocycles. The number of methoxy groups -OCH3 is 1. The van der Waals surface area contributed by atoms with Gasteiger partial charge in [-0.1, -0.05) is 13.3 Å². The van der Waals surface area contributed by atoms with Crippen LogP contribution in [0.2, 0.25) is 0 Å². The van der Waals surface area contributed by atoms with Gasteiger partial charge in [0.15, 0.2) is 6.23 Å². The molecule has 0 saturated carbocycles. The van der Waals surface area contributed by atoms with Gasteiger partial charge in [-0.25, -0.2) is 4.79 Å². The Labute approximate surface area is 152 Å². The minimum atomic E-state index is -0.870. The van der Waals surface area contributed by atoms with E-state index in [2.05, 4.69) is 10.3 Å². The average Bonchev–Trinajstić information content (AvgIpc) is 2.88. The Balaban J connectivity index is 2.25. The Bertz CT molecular complexity index is 664. The van der Waals surface area contributed by atoms with Crippen molar-refractivity contribution < 1.29 is 24.1 Å². The molecule has 1 amide bonds. The molecular weight excluding hydrogens is 342 g/mol. The van der Waals surface area contributed by atoms with E-state index in [1.807, 2.05) is 13.8 Å². The lowest BCUT2D eigenvalue weighted by atomic mass is 10.1. The number of anilines is 1. The summed E-state index contributed by atoms with van der Waals surface area (Å²) >= 11 is 0. The fourth-order valence-corrected chi connectivity index (χ4v) is 2.82. The Morgan fingerprint density at radius 3 is 2.85 bits per heavy atom. The highest BCUT2D eigenvalue weighted by atomic mass is 16.6. The van der Waals surface area contributed by atoms with E-state index in [9.17, 15) is 14.7 Å². The molecule has 5 unspecified atom stereocenters. The van der Waals surface area contributed by atoms with Crippen molar-refractivity contribution in [2.24, 2.45) is 0 Å².